The van der Waals surface area contributed by atoms with Crippen molar-refractivity contribution in [2.45, 2.75) is 30.7 Å². The van der Waals surface area contributed by atoms with Crippen LogP contribution in [0.2, 0.25) is 0 Å². The van der Waals surface area contributed by atoms with Gasteiger partial charge in [-0.15, -0.1) is 0 Å². The first-order valence-electron chi connectivity index (χ1n) is 9.15. The van der Waals surface area contributed by atoms with Crippen LogP contribution in [0.25, 0.3) is 0 Å². The van der Waals surface area contributed by atoms with E-state index in [0.29, 0.717) is 18.8 Å². The van der Waals surface area contributed by atoms with Crippen LogP contribution in [0, 0.1) is 0 Å². The van der Waals surface area contributed by atoms with Gasteiger partial charge in [-0.3, -0.25) is 4.79 Å². The number of anilines is 1. The predicted molar refractivity (Wildman–Crippen MR) is 106 cm³/mol. The van der Waals surface area contributed by atoms with Crippen molar-refractivity contribution in [2.24, 2.45) is 0 Å². The summed E-state index contributed by atoms with van der Waals surface area (Å²) in [4.78, 5) is 12.4. The molecule has 1 aliphatic heterocycles. The second kappa shape index (κ2) is 8.54. The van der Waals surface area contributed by atoms with Crippen LogP contribution in [0.5, 0.6) is 0 Å². The van der Waals surface area contributed by atoms with E-state index in [1.54, 1.807) is 24.3 Å². The number of nitrogens with zero attached hydrogens (tertiary/aromatic N) is 1. The number of nitrogens with one attached hydrogen (secondary N) is 2. The number of rotatable bonds is 7. The van der Waals surface area contributed by atoms with Crippen LogP contribution in [0.3, 0.4) is 0 Å². The molecule has 0 bridgehead atoms. The van der Waals surface area contributed by atoms with Crippen molar-refractivity contribution >= 4 is 21.6 Å². The maximum absolute atomic E-state index is 12.5. The number of sulfonamides is 1. The molecule has 2 aromatic carbocycles. The van der Waals surface area contributed by atoms with E-state index >= 15 is 0 Å². The molecular weight excluding hydrogens is 362 g/mol. The van der Waals surface area contributed by atoms with E-state index in [-0.39, 0.29) is 23.4 Å². The highest BCUT2D eigenvalue weighted by Gasteiger charge is 2.26. The molecule has 0 saturated carbocycles. The number of amides is 1. The van der Waals surface area contributed by atoms with Crippen molar-refractivity contribution in [3.05, 3.63) is 60.2 Å². The molecule has 1 atom stereocenters. The number of carbonyl (C=O) groups excluding carboxylic acids is 1. The van der Waals surface area contributed by atoms with Gasteiger partial charge in [0.25, 0.3) is 0 Å². The van der Waals surface area contributed by atoms with Crippen molar-refractivity contribution in [1.29, 1.82) is 0 Å². The number of carbonyl (C=O) groups is 1. The summed E-state index contributed by atoms with van der Waals surface area (Å²) in [5.41, 5.74) is 1.75. The average Bonchev–Trinajstić information content (AvgIpc) is 3.23. The molecule has 0 radical (unpaired) electrons. The Hall–Kier alpha value is -2.38. The summed E-state index contributed by atoms with van der Waals surface area (Å²) in [6.45, 7) is 3.23. The molecule has 0 aliphatic carbocycles. The lowest BCUT2D eigenvalue weighted by molar-refractivity contribution is -0.120. The fourth-order valence-corrected chi connectivity index (χ4v) is 4.64. The molecule has 27 heavy (non-hydrogen) atoms. The summed E-state index contributed by atoms with van der Waals surface area (Å²) in [6.07, 6.45) is 1.82. The lowest BCUT2D eigenvalue weighted by atomic mass is 10.1. The van der Waals surface area contributed by atoms with Gasteiger partial charge in [-0.2, -0.15) is 4.31 Å². The SMILES string of the molecule is C[C@@H](NC(=O)CNc1ccc(S(=O)(=O)N2CCCC2)cc1)c1ccccc1. The molecule has 2 N–H and O–H groups in total. The highest BCUT2D eigenvalue weighted by Crippen LogP contribution is 2.22. The second-order valence-corrected chi connectivity index (χ2v) is 8.63. The first kappa shape index (κ1) is 19.4. The maximum Gasteiger partial charge on any atom is 0.243 e. The molecule has 2 aromatic rings. The Bertz CT molecular complexity index is 861. The van der Waals surface area contributed by atoms with Crippen LogP contribution in [-0.4, -0.2) is 38.3 Å². The molecule has 0 unspecified atom stereocenters. The van der Waals surface area contributed by atoms with Gasteiger partial charge in [0.1, 0.15) is 0 Å². The van der Waals surface area contributed by atoms with Crippen molar-refractivity contribution in [2.75, 3.05) is 25.0 Å². The zero-order valence-electron chi connectivity index (χ0n) is 15.4. The second-order valence-electron chi connectivity index (χ2n) is 6.69. The average molecular weight is 388 g/mol. The lowest BCUT2D eigenvalue weighted by Crippen LogP contribution is -2.32. The molecule has 7 heteroatoms. The van der Waals surface area contributed by atoms with E-state index < -0.39 is 10.0 Å². The topological polar surface area (TPSA) is 78.5 Å². The van der Waals surface area contributed by atoms with Crippen LogP contribution in [0.1, 0.15) is 31.4 Å². The van der Waals surface area contributed by atoms with Gasteiger partial charge in [-0.25, -0.2) is 8.42 Å². The Kier molecular flexibility index (Phi) is 6.13. The third-order valence-electron chi connectivity index (χ3n) is 4.69. The molecule has 3 rings (SSSR count). The predicted octanol–water partition coefficient (Wildman–Crippen LogP) is 2.76. The highest BCUT2D eigenvalue weighted by molar-refractivity contribution is 7.89. The normalized spacial score (nSPS) is 16.0. The summed E-state index contributed by atoms with van der Waals surface area (Å²) in [7, 11) is -3.41. The third-order valence-corrected chi connectivity index (χ3v) is 6.60. The van der Waals surface area contributed by atoms with Gasteiger partial charge in [-0.1, -0.05) is 30.3 Å². The molecule has 6 nitrogen and oxygen atoms in total. The van der Waals surface area contributed by atoms with Crippen LogP contribution in [-0.2, 0) is 14.8 Å². The molecule has 1 heterocycles. The molecule has 1 fully saturated rings. The summed E-state index contributed by atoms with van der Waals surface area (Å²) in [6, 6.07) is 16.2. The Labute approximate surface area is 160 Å². The van der Waals surface area contributed by atoms with Crippen molar-refractivity contribution in [3.63, 3.8) is 0 Å². The fourth-order valence-electron chi connectivity index (χ4n) is 3.12. The van der Waals surface area contributed by atoms with Gasteiger partial charge < -0.3 is 10.6 Å². The Balaban J connectivity index is 1.53. The summed E-state index contributed by atoms with van der Waals surface area (Å²) >= 11 is 0. The molecule has 1 saturated heterocycles. The van der Waals surface area contributed by atoms with Gasteiger partial charge in [0, 0.05) is 18.8 Å². The monoisotopic (exact) mass is 387 g/mol. The van der Waals surface area contributed by atoms with Crippen molar-refractivity contribution in [1.82, 2.24) is 9.62 Å². The zero-order chi connectivity index (χ0) is 19.3. The quantitative estimate of drug-likeness (QED) is 0.766. The minimum atomic E-state index is -3.41. The van der Waals surface area contributed by atoms with E-state index in [2.05, 4.69) is 10.6 Å². The van der Waals surface area contributed by atoms with E-state index in [1.165, 1.54) is 4.31 Å². The number of benzene rings is 2. The molecule has 0 aromatic heterocycles. The molecule has 1 aliphatic rings. The van der Waals surface area contributed by atoms with Crippen LogP contribution < -0.4 is 10.6 Å². The summed E-state index contributed by atoms with van der Waals surface area (Å²) in [5.74, 6) is -0.125. The third kappa shape index (κ3) is 4.87. The van der Waals surface area contributed by atoms with Gasteiger partial charge >= 0.3 is 0 Å². The molecule has 1 amide bonds. The van der Waals surface area contributed by atoms with Gasteiger partial charge in [0.2, 0.25) is 15.9 Å². The van der Waals surface area contributed by atoms with E-state index in [9.17, 15) is 13.2 Å². The smallest absolute Gasteiger partial charge is 0.243 e. The Morgan fingerprint density at radius 2 is 1.67 bits per heavy atom. The zero-order valence-corrected chi connectivity index (χ0v) is 16.2. The Morgan fingerprint density at radius 3 is 2.30 bits per heavy atom. The summed E-state index contributed by atoms with van der Waals surface area (Å²) < 4.78 is 26.5. The first-order chi connectivity index (χ1) is 13.0. The van der Waals surface area contributed by atoms with Crippen LogP contribution in [0.4, 0.5) is 5.69 Å². The molecule has 0 spiro atoms. The standard InChI is InChI=1S/C20H25N3O3S/c1-16(17-7-3-2-4-8-17)22-20(24)15-21-18-9-11-19(12-10-18)27(25,26)23-13-5-6-14-23/h2-4,7-12,16,21H,5-6,13-15H2,1H3,(H,22,24)/t16-/m1/s1. The van der Waals surface area contributed by atoms with E-state index in [4.69, 9.17) is 0 Å². The number of hydrogen-bond donors (Lipinski definition) is 2. The minimum Gasteiger partial charge on any atom is -0.376 e. The number of hydrogen-bond acceptors (Lipinski definition) is 4. The first-order valence-corrected chi connectivity index (χ1v) is 10.6. The maximum atomic E-state index is 12.5. The van der Waals surface area contributed by atoms with E-state index in [0.717, 1.165) is 18.4 Å². The highest BCUT2D eigenvalue weighted by atomic mass is 32.2. The van der Waals surface area contributed by atoms with Crippen molar-refractivity contribution in [3.8, 4) is 0 Å². The Morgan fingerprint density at radius 1 is 1.04 bits per heavy atom. The van der Waals surface area contributed by atoms with Gasteiger partial charge in [0.15, 0.2) is 0 Å². The van der Waals surface area contributed by atoms with E-state index in [1.807, 2.05) is 37.3 Å². The largest absolute Gasteiger partial charge is 0.376 e. The van der Waals surface area contributed by atoms with Crippen LogP contribution >= 0.6 is 0 Å². The fraction of sp³-hybridized carbons (Fsp3) is 0.350. The van der Waals surface area contributed by atoms with Crippen molar-refractivity contribution < 1.29 is 13.2 Å². The van der Waals surface area contributed by atoms with Crippen LogP contribution in [0.15, 0.2) is 59.5 Å². The lowest BCUT2D eigenvalue weighted by Gasteiger charge is -2.16. The molecule has 144 valence electrons. The van der Waals surface area contributed by atoms with Gasteiger partial charge in [-0.05, 0) is 49.6 Å². The minimum absolute atomic E-state index is 0.0755. The molecular formula is C20H25N3O3S. The summed E-state index contributed by atoms with van der Waals surface area (Å²) in [5, 5.41) is 5.96. The van der Waals surface area contributed by atoms with Gasteiger partial charge in [0.05, 0.1) is 17.5 Å².